The normalized spacial score (nSPS) is 24.8. The van der Waals surface area contributed by atoms with Gasteiger partial charge in [-0.2, -0.15) is 0 Å². The van der Waals surface area contributed by atoms with Gasteiger partial charge in [0.1, 0.15) is 5.75 Å². The van der Waals surface area contributed by atoms with Gasteiger partial charge in [-0.15, -0.1) is 0 Å². The topological polar surface area (TPSA) is 61.8 Å². The summed E-state index contributed by atoms with van der Waals surface area (Å²) in [4.78, 5) is 14.2. The van der Waals surface area contributed by atoms with E-state index in [2.05, 4.69) is 5.32 Å². The lowest BCUT2D eigenvalue weighted by Gasteiger charge is -2.38. The fraction of sp³-hybridized carbons (Fsp3) is 0.588. The molecule has 0 radical (unpaired) electrons. The first-order valence-electron chi connectivity index (χ1n) is 8.00. The Balaban J connectivity index is 1.95. The SMILES string of the molecule is CCN1C(=O)C(C)(C)Oc2ccc(C(O)C3CCCN3)cc21. The van der Waals surface area contributed by atoms with E-state index in [0.717, 1.165) is 30.6 Å². The van der Waals surface area contributed by atoms with Gasteiger partial charge in [0.15, 0.2) is 5.60 Å². The Morgan fingerprint density at radius 1 is 1.50 bits per heavy atom. The number of ether oxygens (including phenoxy) is 1. The van der Waals surface area contributed by atoms with Gasteiger partial charge in [0.2, 0.25) is 0 Å². The van der Waals surface area contributed by atoms with E-state index >= 15 is 0 Å². The molecule has 1 aromatic carbocycles. The van der Waals surface area contributed by atoms with Crippen molar-refractivity contribution in [1.82, 2.24) is 5.32 Å². The lowest BCUT2D eigenvalue weighted by Crippen LogP contribution is -2.52. The molecule has 2 aliphatic heterocycles. The molecular weight excluding hydrogens is 280 g/mol. The maximum atomic E-state index is 12.5. The summed E-state index contributed by atoms with van der Waals surface area (Å²) in [5, 5.41) is 13.9. The van der Waals surface area contributed by atoms with Gasteiger partial charge in [-0.1, -0.05) is 6.07 Å². The van der Waals surface area contributed by atoms with Crippen LogP contribution in [0.15, 0.2) is 18.2 Å². The molecule has 0 bridgehead atoms. The van der Waals surface area contributed by atoms with E-state index in [4.69, 9.17) is 4.74 Å². The van der Waals surface area contributed by atoms with Crippen molar-refractivity contribution in [3.8, 4) is 5.75 Å². The van der Waals surface area contributed by atoms with Gasteiger partial charge < -0.3 is 20.1 Å². The molecule has 0 aromatic heterocycles. The van der Waals surface area contributed by atoms with Crippen LogP contribution in [-0.2, 0) is 4.79 Å². The van der Waals surface area contributed by atoms with Crippen molar-refractivity contribution in [2.45, 2.75) is 51.4 Å². The largest absolute Gasteiger partial charge is 0.476 e. The molecule has 2 N–H and O–H groups in total. The van der Waals surface area contributed by atoms with E-state index in [1.54, 1.807) is 18.7 Å². The van der Waals surface area contributed by atoms with Crippen molar-refractivity contribution < 1.29 is 14.6 Å². The van der Waals surface area contributed by atoms with Crippen LogP contribution in [0.25, 0.3) is 0 Å². The summed E-state index contributed by atoms with van der Waals surface area (Å²) in [5.74, 6) is 0.648. The van der Waals surface area contributed by atoms with Gasteiger partial charge in [-0.25, -0.2) is 0 Å². The highest BCUT2D eigenvalue weighted by Crippen LogP contribution is 2.39. The first-order valence-corrected chi connectivity index (χ1v) is 8.00. The molecule has 0 aliphatic carbocycles. The Labute approximate surface area is 131 Å². The number of benzene rings is 1. The zero-order valence-electron chi connectivity index (χ0n) is 13.4. The van der Waals surface area contributed by atoms with E-state index in [-0.39, 0.29) is 11.9 Å². The van der Waals surface area contributed by atoms with Gasteiger partial charge in [0, 0.05) is 12.6 Å². The third-order valence-corrected chi connectivity index (χ3v) is 4.54. The van der Waals surface area contributed by atoms with Crippen LogP contribution >= 0.6 is 0 Å². The molecular formula is C17H24N2O3. The van der Waals surface area contributed by atoms with E-state index in [9.17, 15) is 9.90 Å². The smallest absolute Gasteiger partial charge is 0.270 e. The third-order valence-electron chi connectivity index (χ3n) is 4.54. The zero-order chi connectivity index (χ0) is 15.9. The Morgan fingerprint density at radius 3 is 2.91 bits per heavy atom. The minimum atomic E-state index is -0.851. The highest BCUT2D eigenvalue weighted by atomic mass is 16.5. The van der Waals surface area contributed by atoms with Crippen molar-refractivity contribution >= 4 is 11.6 Å². The van der Waals surface area contributed by atoms with Gasteiger partial charge in [-0.3, -0.25) is 4.79 Å². The highest BCUT2D eigenvalue weighted by molar-refractivity contribution is 6.02. The van der Waals surface area contributed by atoms with Crippen LogP contribution in [0.2, 0.25) is 0 Å². The maximum absolute atomic E-state index is 12.5. The summed E-state index contributed by atoms with van der Waals surface area (Å²) in [6.45, 7) is 7.05. The Kier molecular flexibility index (Phi) is 3.87. The molecule has 0 saturated carbocycles. The average Bonchev–Trinajstić information content (AvgIpc) is 3.01. The number of amides is 1. The molecule has 2 atom stereocenters. The molecule has 1 saturated heterocycles. The molecule has 2 unspecified atom stereocenters. The summed E-state index contributed by atoms with van der Waals surface area (Å²) >= 11 is 0. The van der Waals surface area contributed by atoms with E-state index in [1.807, 2.05) is 25.1 Å². The summed E-state index contributed by atoms with van der Waals surface area (Å²) < 4.78 is 5.84. The summed E-state index contributed by atoms with van der Waals surface area (Å²) in [6.07, 6.45) is 1.50. The van der Waals surface area contributed by atoms with Crippen molar-refractivity contribution in [3.05, 3.63) is 23.8 Å². The van der Waals surface area contributed by atoms with Gasteiger partial charge in [0.25, 0.3) is 5.91 Å². The molecule has 1 fully saturated rings. The number of anilines is 1. The molecule has 120 valence electrons. The second kappa shape index (κ2) is 5.56. The summed E-state index contributed by atoms with van der Waals surface area (Å²) in [7, 11) is 0. The van der Waals surface area contributed by atoms with Crippen LogP contribution in [0.5, 0.6) is 5.75 Å². The number of rotatable bonds is 3. The lowest BCUT2D eigenvalue weighted by molar-refractivity contribution is -0.132. The fourth-order valence-electron chi connectivity index (χ4n) is 3.30. The second-order valence-electron chi connectivity index (χ2n) is 6.54. The Morgan fingerprint density at radius 2 is 2.27 bits per heavy atom. The zero-order valence-corrected chi connectivity index (χ0v) is 13.4. The number of hydrogen-bond donors (Lipinski definition) is 2. The Bertz CT molecular complexity index is 579. The van der Waals surface area contributed by atoms with E-state index in [1.165, 1.54) is 0 Å². The van der Waals surface area contributed by atoms with Gasteiger partial charge >= 0.3 is 0 Å². The van der Waals surface area contributed by atoms with Crippen LogP contribution in [0.1, 0.15) is 45.3 Å². The predicted octanol–water partition coefficient (Wildman–Crippen LogP) is 2.00. The quantitative estimate of drug-likeness (QED) is 0.896. The molecule has 3 rings (SSSR count). The van der Waals surface area contributed by atoms with Crippen LogP contribution in [0.4, 0.5) is 5.69 Å². The Hall–Kier alpha value is -1.59. The van der Waals surface area contributed by atoms with Crippen LogP contribution in [0, 0.1) is 0 Å². The summed E-state index contributed by atoms with van der Waals surface area (Å²) in [5.41, 5.74) is 0.727. The third kappa shape index (κ3) is 2.48. The second-order valence-corrected chi connectivity index (χ2v) is 6.54. The number of fused-ring (bicyclic) bond motifs is 1. The average molecular weight is 304 g/mol. The molecule has 2 aliphatic rings. The van der Waals surface area contributed by atoms with Crippen LogP contribution in [-0.4, -0.2) is 35.7 Å². The number of carbonyl (C=O) groups is 1. The molecule has 5 heteroatoms. The van der Waals surface area contributed by atoms with E-state index < -0.39 is 11.7 Å². The number of nitrogens with one attached hydrogen (secondary N) is 1. The first kappa shape index (κ1) is 15.3. The molecule has 0 spiro atoms. The minimum Gasteiger partial charge on any atom is -0.476 e. The molecule has 2 heterocycles. The monoisotopic (exact) mass is 304 g/mol. The van der Waals surface area contributed by atoms with Crippen LogP contribution in [0.3, 0.4) is 0 Å². The molecule has 22 heavy (non-hydrogen) atoms. The highest BCUT2D eigenvalue weighted by Gasteiger charge is 2.40. The van der Waals surface area contributed by atoms with Gasteiger partial charge in [-0.05, 0) is 57.9 Å². The number of aliphatic hydroxyl groups is 1. The first-order chi connectivity index (χ1) is 10.4. The maximum Gasteiger partial charge on any atom is 0.270 e. The number of nitrogens with zero attached hydrogens (tertiary/aromatic N) is 1. The summed E-state index contributed by atoms with van der Waals surface area (Å²) in [6, 6.07) is 5.73. The van der Waals surface area contributed by atoms with Crippen molar-refractivity contribution in [2.75, 3.05) is 18.0 Å². The lowest BCUT2D eigenvalue weighted by atomic mass is 9.98. The minimum absolute atomic E-state index is 0.0480. The number of aliphatic hydroxyl groups excluding tert-OH is 1. The number of hydrogen-bond acceptors (Lipinski definition) is 4. The standard InChI is InChI=1S/C17H24N2O3/c1-4-19-13-10-11(15(20)12-6-5-9-18-12)7-8-14(13)22-17(2,3)16(19)21/h7-8,10,12,15,18,20H,4-6,9H2,1-3H3. The predicted molar refractivity (Wildman–Crippen MR) is 85.2 cm³/mol. The van der Waals surface area contributed by atoms with Crippen molar-refractivity contribution in [1.29, 1.82) is 0 Å². The van der Waals surface area contributed by atoms with E-state index in [0.29, 0.717) is 12.3 Å². The van der Waals surface area contributed by atoms with Crippen molar-refractivity contribution in [2.24, 2.45) is 0 Å². The molecule has 1 aromatic rings. The fourth-order valence-corrected chi connectivity index (χ4v) is 3.30. The molecule has 1 amide bonds. The van der Waals surface area contributed by atoms with Crippen LogP contribution < -0.4 is 15.0 Å². The number of likely N-dealkylation sites (N-methyl/N-ethyl adjacent to an activating group) is 1. The number of carbonyl (C=O) groups excluding carboxylic acids is 1. The molecule has 5 nitrogen and oxygen atoms in total. The van der Waals surface area contributed by atoms with Gasteiger partial charge in [0.05, 0.1) is 11.8 Å². The van der Waals surface area contributed by atoms with Crippen molar-refractivity contribution in [3.63, 3.8) is 0 Å².